The van der Waals surface area contributed by atoms with Crippen LogP contribution in [0.25, 0.3) is 0 Å². The van der Waals surface area contributed by atoms with Crippen LogP contribution in [0.5, 0.6) is 0 Å². The van der Waals surface area contributed by atoms with Crippen molar-refractivity contribution in [3.63, 3.8) is 0 Å². The van der Waals surface area contributed by atoms with Crippen molar-refractivity contribution >= 4 is 0 Å². The van der Waals surface area contributed by atoms with Gasteiger partial charge >= 0.3 is 0 Å². The Hall–Kier alpha value is -0.780. The normalized spacial score (nSPS) is 59.7. The average Bonchev–Trinajstić information content (AvgIpc) is 3.41. The SMILES string of the molecule is C[C@H]1O[C@@H](O[C@@H]2CC[C@@]3(C)[C@@H](CC[C@]4(C)[C@@H]3C=C[C@]35OC[C@@]6(CCC(C)(C)C[C@H]63)[C@H](O)C[C@]54C)[C@]2(C)CO)[C@H](O)[C@@H](O[C@@H]2O[C@H](CO)[C@@H](O)[C@H](O)[C@H]2O)[C@H]1O. The number of aliphatic hydroxyl groups excluding tert-OH is 8. The van der Waals surface area contributed by atoms with Gasteiger partial charge in [-0.25, -0.2) is 0 Å². The molecule has 2 bridgehead atoms. The van der Waals surface area contributed by atoms with E-state index >= 15 is 0 Å². The zero-order valence-electron chi connectivity index (χ0n) is 33.7. The maximum Gasteiger partial charge on any atom is 0.187 e. The van der Waals surface area contributed by atoms with Crippen molar-refractivity contribution < 1.29 is 64.5 Å². The lowest BCUT2D eigenvalue weighted by molar-refractivity contribution is -0.367. The van der Waals surface area contributed by atoms with Gasteiger partial charge in [0.25, 0.3) is 0 Å². The highest BCUT2D eigenvalue weighted by atomic mass is 16.7. The van der Waals surface area contributed by atoms with Crippen LogP contribution in [-0.4, -0.2) is 140 Å². The Labute approximate surface area is 325 Å². The number of hydrogen-bond donors (Lipinski definition) is 8. The van der Waals surface area contributed by atoms with Crippen LogP contribution < -0.4 is 0 Å². The van der Waals surface area contributed by atoms with Crippen molar-refractivity contribution in [2.75, 3.05) is 19.8 Å². The number of fused-ring (bicyclic) bond motifs is 4. The van der Waals surface area contributed by atoms with Crippen molar-refractivity contribution in [3.8, 4) is 0 Å². The molecule has 0 aromatic heterocycles. The van der Waals surface area contributed by atoms with E-state index in [-0.39, 0.29) is 51.4 Å². The summed E-state index contributed by atoms with van der Waals surface area (Å²) in [7, 11) is 0. The Balaban J connectivity index is 1.05. The minimum atomic E-state index is -1.72. The van der Waals surface area contributed by atoms with E-state index in [2.05, 4.69) is 53.7 Å². The largest absolute Gasteiger partial charge is 0.396 e. The summed E-state index contributed by atoms with van der Waals surface area (Å²) in [5, 5.41) is 87.0. The monoisotopic (exact) mass is 780 g/mol. The molecular formula is C42H68O13. The third-order valence-corrected chi connectivity index (χ3v) is 17.9. The molecule has 0 aromatic carbocycles. The van der Waals surface area contributed by atoms with E-state index in [1.165, 1.54) is 0 Å². The molecule has 7 fully saturated rings. The van der Waals surface area contributed by atoms with Crippen LogP contribution in [0.3, 0.4) is 0 Å². The van der Waals surface area contributed by atoms with Gasteiger partial charge in [-0.3, -0.25) is 0 Å². The second-order valence-corrected chi connectivity index (χ2v) is 21.0. The fourth-order valence-electron chi connectivity index (χ4n) is 14.3. The second-order valence-electron chi connectivity index (χ2n) is 21.0. The molecule has 4 saturated carbocycles. The van der Waals surface area contributed by atoms with E-state index in [0.29, 0.717) is 19.4 Å². The van der Waals surface area contributed by atoms with Gasteiger partial charge in [0.2, 0.25) is 0 Å². The summed E-state index contributed by atoms with van der Waals surface area (Å²) in [6.45, 7) is 15.4. The summed E-state index contributed by atoms with van der Waals surface area (Å²) in [5.41, 5.74) is -1.90. The summed E-state index contributed by atoms with van der Waals surface area (Å²) in [4.78, 5) is 0. The third-order valence-electron chi connectivity index (χ3n) is 17.9. The molecule has 0 unspecified atom stereocenters. The quantitative estimate of drug-likeness (QED) is 0.143. The highest BCUT2D eigenvalue weighted by molar-refractivity contribution is 5.36. The first-order valence-electron chi connectivity index (χ1n) is 20.9. The molecule has 55 heavy (non-hydrogen) atoms. The van der Waals surface area contributed by atoms with Gasteiger partial charge in [0.05, 0.1) is 43.7 Å². The van der Waals surface area contributed by atoms with Crippen LogP contribution in [-0.2, 0) is 23.7 Å². The summed E-state index contributed by atoms with van der Waals surface area (Å²) in [6, 6.07) is 0. The molecule has 1 spiro atoms. The Bertz CT molecular complexity index is 1490. The third kappa shape index (κ3) is 5.44. The van der Waals surface area contributed by atoms with Crippen LogP contribution in [0, 0.1) is 50.2 Å². The first-order valence-corrected chi connectivity index (χ1v) is 20.9. The number of hydrogen-bond acceptors (Lipinski definition) is 13. The molecule has 3 saturated heterocycles. The molecular weight excluding hydrogens is 712 g/mol. The highest BCUT2D eigenvalue weighted by Gasteiger charge is 2.79. The fourth-order valence-corrected chi connectivity index (χ4v) is 14.3. The number of ether oxygens (including phenoxy) is 5. The van der Waals surface area contributed by atoms with Gasteiger partial charge in [-0.2, -0.15) is 0 Å². The summed E-state index contributed by atoms with van der Waals surface area (Å²) >= 11 is 0. The van der Waals surface area contributed by atoms with Crippen molar-refractivity contribution in [1.29, 1.82) is 0 Å². The second kappa shape index (κ2) is 13.4. The molecule has 0 aromatic rings. The first-order chi connectivity index (χ1) is 25.7. The molecule has 0 amide bonds. The minimum Gasteiger partial charge on any atom is -0.396 e. The number of rotatable bonds is 6. The van der Waals surface area contributed by atoms with Crippen molar-refractivity contribution in [2.45, 2.75) is 179 Å². The van der Waals surface area contributed by atoms with Gasteiger partial charge < -0.3 is 64.5 Å². The van der Waals surface area contributed by atoms with Gasteiger partial charge in [-0.1, -0.05) is 53.7 Å². The van der Waals surface area contributed by atoms with Gasteiger partial charge in [0.15, 0.2) is 12.6 Å². The summed E-state index contributed by atoms with van der Waals surface area (Å²) < 4.78 is 31.2. The van der Waals surface area contributed by atoms with Gasteiger partial charge in [-0.05, 0) is 86.4 Å². The number of aliphatic hydroxyl groups is 8. The predicted octanol–water partition coefficient (Wildman–Crippen LogP) is 1.78. The van der Waals surface area contributed by atoms with Gasteiger partial charge in [0, 0.05) is 22.2 Å². The lowest BCUT2D eigenvalue weighted by atomic mass is 9.32. The smallest absolute Gasteiger partial charge is 0.187 e. The Morgan fingerprint density at radius 3 is 2.13 bits per heavy atom. The molecule has 21 atom stereocenters. The van der Waals surface area contributed by atoms with Crippen molar-refractivity contribution in [1.82, 2.24) is 0 Å². The topological polar surface area (TPSA) is 208 Å². The molecule has 13 heteroatoms. The first kappa shape index (κ1) is 41.0. The zero-order chi connectivity index (χ0) is 39.9. The molecule has 8 aliphatic rings. The van der Waals surface area contributed by atoms with Crippen LogP contribution in [0.1, 0.15) is 99.8 Å². The zero-order valence-corrected chi connectivity index (χ0v) is 33.7. The Kier molecular flexibility index (Phi) is 9.95. The molecule has 0 radical (unpaired) electrons. The van der Waals surface area contributed by atoms with Crippen LogP contribution in [0.2, 0.25) is 0 Å². The summed E-state index contributed by atoms with van der Waals surface area (Å²) in [6.07, 6.45) is -3.39. The van der Waals surface area contributed by atoms with E-state index in [4.69, 9.17) is 23.7 Å². The van der Waals surface area contributed by atoms with E-state index in [1.54, 1.807) is 6.92 Å². The maximum absolute atomic E-state index is 12.1. The van der Waals surface area contributed by atoms with E-state index in [9.17, 15) is 40.9 Å². The fraction of sp³-hybridized carbons (Fsp3) is 0.952. The van der Waals surface area contributed by atoms with Crippen LogP contribution in [0.4, 0.5) is 0 Å². The minimum absolute atomic E-state index is 0.0414. The number of allylic oxidation sites excluding steroid dienone is 1. The van der Waals surface area contributed by atoms with Gasteiger partial charge in [0.1, 0.15) is 42.7 Å². The maximum atomic E-state index is 12.1. The predicted molar refractivity (Wildman–Crippen MR) is 197 cm³/mol. The van der Waals surface area contributed by atoms with Gasteiger partial charge in [-0.15, -0.1) is 0 Å². The lowest BCUT2D eigenvalue weighted by Gasteiger charge is -2.73. The standard InChI is InChI=1S/C42H68O13/c1-21-28(46)33(55-34-31(49)30(48)29(47)22(18-43)53-34)32(50)35(52-21)54-27-10-11-37(4)23(38(27,5)19-44)8-12-39(6)24(37)9-13-42-25-16-36(2,3)14-15-41(25,20-51-42)26(45)17-40(39,42)7/h9,13,21-35,43-50H,8,10-12,14-20H2,1-7H3/t21-,22-,23-,24-,25-,26-,27-,28+,29-,30+,31-,32-,33+,34+,35+,37+,38+,39-,40+,41-,42+/m1/s1. The van der Waals surface area contributed by atoms with E-state index in [1.807, 2.05) is 0 Å². The van der Waals surface area contributed by atoms with Crippen molar-refractivity contribution in [3.05, 3.63) is 12.2 Å². The summed E-state index contributed by atoms with van der Waals surface area (Å²) in [5.74, 6) is 0.449. The molecule has 3 heterocycles. The molecule has 8 rings (SSSR count). The van der Waals surface area contributed by atoms with E-state index < -0.39 is 91.2 Å². The Morgan fingerprint density at radius 1 is 0.727 bits per heavy atom. The molecule has 314 valence electrons. The van der Waals surface area contributed by atoms with Crippen LogP contribution >= 0.6 is 0 Å². The van der Waals surface area contributed by atoms with Crippen LogP contribution in [0.15, 0.2) is 12.2 Å². The highest BCUT2D eigenvalue weighted by Crippen LogP contribution is 2.79. The molecule has 5 aliphatic carbocycles. The molecule has 3 aliphatic heterocycles. The molecule has 13 nitrogen and oxygen atoms in total. The Morgan fingerprint density at radius 2 is 1.44 bits per heavy atom. The average molecular weight is 781 g/mol. The van der Waals surface area contributed by atoms with Crippen molar-refractivity contribution in [2.24, 2.45) is 50.2 Å². The lowest BCUT2D eigenvalue weighted by Crippen LogP contribution is -2.72. The molecule has 8 N–H and O–H groups in total. The van der Waals surface area contributed by atoms with E-state index in [0.717, 1.165) is 38.5 Å².